The van der Waals surface area contributed by atoms with Gasteiger partial charge in [-0.1, -0.05) is 6.07 Å². The molecule has 0 unspecified atom stereocenters. The van der Waals surface area contributed by atoms with Crippen LogP contribution in [0.2, 0.25) is 0 Å². The van der Waals surface area contributed by atoms with Crippen LogP contribution in [0.5, 0.6) is 5.75 Å². The molecule has 3 rings (SSSR count). The predicted molar refractivity (Wildman–Crippen MR) is 87.3 cm³/mol. The third kappa shape index (κ3) is 3.37. The van der Waals surface area contributed by atoms with E-state index in [0.29, 0.717) is 22.6 Å². The number of nitrogens with one attached hydrogen (secondary N) is 2. The van der Waals surface area contributed by atoms with E-state index in [1.165, 1.54) is 24.3 Å². The highest BCUT2D eigenvalue weighted by atomic mass is 19.1. The Morgan fingerprint density at radius 1 is 1.13 bits per heavy atom. The molecule has 23 heavy (non-hydrogen) atoms. The van der Waals surface area contributed by atoms with E-state index < -0.39 is 6.03 Å². The number of carbonyl (C=O) groups excluding carboxylic acids is 1. The standard InChI is InChI=1S/C17H14FN3O2/c1-23-14-9-11-3-2-8-19-16(11)15(10-14)21-17(22)20-13-6-4-12(18)5-7-13/h2-10H,1H3,(H2,20,21,22). The largest absolute Gasteiger partial charge is 0.497 e. The Hall–Kier alpha value is -3.15. The second-order valence-electron chi connectivity index (χ2n) is 4.84. The van der Waals surface area contributed by atoms with Crippen LogP contribution in [0.1, 0.15) is 0 Å². The fraction of sp³-hybridized carbons (Fsp3) is 0.0588. The summed E-state index contributed by atoms with van der Waals surface area (Å²) in [6.45, 7) is 0. The fourth-order valence-corrected chi connectivity index (χ4v) is 2.20. The molecule has 0 saturated carbocycles. The van der Waals surface area contributed by atoms with E-state index in [-0.39, 0.29) is 5.82 Å². The molecule has 1 aromatic heterocycles. The van der Waals surface area contributed by atoms with Crippen LogP contribution in [0.25, 0.3) is 10.9 Å². The number of halogens is 1. The van der Waals surface area contributed by atoms with E-state index in [1.54, 1.807) is 19.4 Å². The molecular weight excluding hydrogens is 297 g/mol. The molecular formula is C17H14FN3O2. The van der Waals surface area contributed by atoms with Gasteiger partial charge in [0.15, 0.2) is 0 Å². The van der Waals surface area contributed by atoms with Crippen molar-refractivity contribution in [2.75, 3.05) is 17.7 Å². The molecule has 0 aliphatic rings. The molecule has 0 spiro atoms. The number of hydrogen-bond donors (Lipinski definition) is 2. The quantitative estimate of drug-likeness (QED) is 0.767. The molecule has 0 radical (unpaired) electrons. The van der Waals surface area contributed by atoms with E-state index in [2.05, 4.69) is 15.6 Å². The molecule has 5 nitrogen and oxygen atoms in total. The molecule has 2 aromatic carbocycles. The molecule has 2 N–H and O–H groups in total. The number of aromatic nitrogens is 1. The SMILES string of the molecule is COc1cc(NC(=O)Nc2ccc(F)cc2)c2ncccc2c1. The number of urea groups is 1. The van der Waals surface area contributed by atoms with Crippen molar-refractivity contribution in [1.82, 2.24) is 4.98 Å². The van der Waals surface area contributed by atoms with Crippen LogP contribution >= 0.6 is 0 Å². The number of benzene rings is 2. The number of carbonyl (C=O) groups is 1. The number of anilines is 2. The van der Waals surface area contributed by atoms with Crippen molar-refractivity contribution in [3.05, 3.63) is 60.5 Å². The number of rotatable bonds is 3. The summed E-state index contributed by atoms with van der Waals surface area (Å²) in [5.74, 6) is 0.251. The van der Waals surface area contributed by atoms with Crippen molar-refractivity contribution in [3.8, 4) is 5.75 Å². The average Bonchev–Trinajstić information content (AvgIpc) is 2.56. The lowest BCUT2D eigenvalue weighted by molar-refractivity contribution is 0.262. The highest BCUT2D eigenvalue weighted by Gasteiger charge is 2.09. The molecule has 0 fully saturated rings. The first-order chi connectivity index (χ1) is 11.2. The monoisotopic (exact) mass is 311 g/mol. The van der Waals surface area contributed by atoms with Crippen LogP contribution in [0, 0.1) is 5.82 Å². The maximum absolute atomic E-state index is 12.9. The molecule has 3 aromatic rings. The topological polar surface area (TPSA) is 63.2 Å². The number of methoxy groups -OCH3 is 1. The van der Waals surface area contributed by atoms with Gasteiger partial charge in [-0.25, -0.2) is 9.18 Å². The summed E-state index contributed by atoms with van der Waals surface area (Å²) in [5, 5.41) is 6.22. The molecule has 1 heterocycles. The van der Waals surface area contributed by atoms with Gasteiger partial charge in [-0.15, -0.1) is 0 Å². The number of amides is 2. The zero-order valence-corrected chi connectivity index (χ0v) is 12.3. The summed E-state index contributed by atoms with van der Waals surface area (Å²) >= 11 is 0. The summed E-state index contributed by atoms with van der Waals surface area (Å²) in [7, 11) is 1.56. The Morgan fingerprint density at radius 2 is 1.91 bits per heavy atom. The molecule has 2 amide bonds. The van der Waals surface area contributed by atoms with Gasteiger partial charge >= 0.3 is 6.03 Å². The first-order valence-corrected chi connectivity index (χ1v) is 6.92. The zero-order chi connectivity index (χ0) is 16.2. The van der Waals surface area contributed by atoms with Crippen molar-refractivity contribution in [2.45, 2.75) is 0 Å². The van der Waals surface area contributed by atoms with Gasteiger partial charge in [0.2, 0.25) is 0 Å². The van der Waals surface area contributed by atoms with E-state index in [0.717, 1.165) is 5.39 Å². The van der Waals surface area contributed by atoms with Crippen molar-refractivity contribution < 1.29 is 13.9 Å². The number of ether oxygens (including phenoxy) is 1. The van der Waals surface area contributed by atoms with Crippen molar-refractivity contribution in [1.29, 1.82) is 0 Å². The van der Waals surface area contributed by atoms with Crippen LogP contribution in [0.3, 0.4) is 0 Å². The van der Waals surface area contributed by atoms with Crippen LogP contribution in [0.15, 0.2) is 54.7 Å². The van der Waals surface area contributed by atoms with Gasteiger partial charge in [0.05, 0.1) is 18.3 Å². The Balaban J connectivity index is 1.85. The van der Waals surface area contributed by atoms with Crippen molar-refractivity contribution in [2.24, 2.45) is 0 Å². The summed E-state index contributed by atoms with van der Waals surface area (Å²) in [4.78, 5) is 16.4. The first-order valence-electron chi connectivity index (χ1n) is 6.92. The summed E-state index contributed by atoms with van der Waals surface area (Å²) in [5.41, 5.74) is 1.67. The van der Waals surface area contributed by atoms with Crippen molar-refractivity contribution in [3.63, 3.8) is 0 Å². The maximum Gasteiger partial charge on any atom is 0.323 e. The normalized spacial score (nSPS) is 10.3. The molecule has 0 atom stereocenters. The average molecular weight is 311 g/mol. The van der Waals surface area contributed by atoms with Crippen LogP contribution < -0.4 is 15.4 Å². The smallest absolute Gasteiger partial charge is 0.323 e. The molecule has 0 aliphatic heterocycles. The highest BCUT2D eigenvalue weighted by Crippen LogP contribution is 2.27. The van der Waals surface area contributed by atoms with Gasteiger partial charge in [-0.3, -0.25) is 4.98 Å². The van der Waals surface area contributed by atoms with Gasteiger partial charge in [-0.05, 0) is 36.4 Å². The Bertz CT molecular complexity index is 850. The van der Waals surface area contributed by atoms with Gasteiger partial charge in [-0.2, -0.15) is 0 Å². The number of hydrogen-bond acceptors (Lipinski definition) is 3. The molecule has 0 bridgehead atoms. The fourth-order valence-electron chi connectivity index (χ4n) is 2.20. The van der Waals surface area contributed by atoms with E-state index in [9.17, 15) is 9.18 Å². The van der Waals surface area contributed by atoms with Crippen molar-refractivity contribution >= 4 is 28.3 Å². The second kappa shape index (κ2) is 6.31. The van der Waals surface area contributed by atoms with E-state index in [1.807, 2.05) is 18.2 Å². The minimum Gasteiger partial charge on any atom is -0.497 e. The highest BCUT2D eigenvalue weighted by molar-refractivity contribution is 6.05. The van der Waals surface area contributed by atoms with Crippen LogP contribution in [0.4, 0.5) is 20.6 Å². The van der Waals surface area contributed by atoms with Gasteiger partial charge in [0, 0.05) is 23.3 Å². The Kier molecular flexibility index (Phi) is 4.05. The van der Waals surface area contributed by atoms with Crippen LogP contribution in [-0.2, 0) is 0 Å². The summed E-state index contributed by atoms with van der Waals surface area (Å²) in [6.07, 6.45) is 1.65. The summed E-state index contributed by atoms with van der Waals surface area (Å²) in [6, 6.07) is 12.3. The Morgan fingerprint density at radius 3 is 2.65 bits per heavy atom. The third-order valence-electron chi connectivity index (χ3n) is 3.26. The first kappa shape index (κ1) is 14.8. The number of pyridine rings is 1. The van der Waals surface area contributed by atoms with Gasteiger partial charge in [0.25, 0.3) is 0 Å². The second-order valence-corrected chi connectivity index (χ2v) is 4.84. The zero-order valence-electron chi connectivity index (χ0n) is 12.3. The van der Waals surface area contributed by atoms with Gasteiger partial charge in [0.1, 0.15) is 11.6 Å². The van der Waals surface area contributed by atoms with Gasteiger partial charge < -0.3 is 15.4 Å². The lowest BCUT2D eigenvalue weighted by Crippen LogP contribution is -2.19. The maximum atomic E-state index is 12.9. The molecule has 6 heteroatoms. The minimum atomic E-state index is -0.447. The molecule has 0 aliphatic carbocycles. The van der Waals surface area contributed by atoms with E-state index >= 15 is 0 Å². The Labute approximate surface area is 132 Å². The minimum absolute atomic E-state index is 0.362. The predicted octanol–water partition coefficient (Wildman–Crippen LogP) is 4.03. The number of nitrogens with zero attached hydrogens (tertiary/aromatic N) is 1. The lowest BCUT2D eigenvalue weighted by atomic mass is 10.2. The van der Waals surface area contributed by atoms with Crippen LogP contribution in [-0.4, -0.2) is 18.1 Å². The third-order valence-corrected chi connectivity index (χ3v) is 3.26. The molecule has 116 valence electrons. The van der Waals surface area contributed by atoms with E-state index in [4.69, 9.17) is 4.74 Å². The lowest BCUT2D eigenvalue weighted by Gasteiger charge is -2.11. The number of fused-ring (bicyclic) bond motifs is 1. The molecule has 0 saturated heterocycles. The summed E-state index contributed by atoms with van der Waals surface area (Å²) < 4.78 is 18.1.